The summed E-state index contributed by atoms with van der Waals surface area (Å²) in [5, 5.41) is 9.37. The summed E-state index contributed by atoms with van der Waals surface area (Å²) >= 11 is 1.02. The number of fused-ring (bicyclic) bond motifs is 1. The van der Waals surface area contributed by atoms with E-state index in [9.17, 15) is 14.3 Å². The number of carbonyl (C=O) groups is 1. The van der Waals surface area contributed by atoms with Crippen LogP contribution in [0.15, 0.2) is 54.6 Å². The fraction of sp³-hybridized carbons (Fsp3) is 0.200. The molecule has 0 amide bonds. The van der Waals surface area contributed by atoms with E-state index in [1.807, 2.05) is 4.57 Å². The summed E-state index contributed by atoms with van der Waals surface area (Å²) in [6, 6.07) is 12.3. The van der Waals surface area contributed by atoms with E-state index in [-0.39, 0.29) is 58.0 Å². The van der Waals surface area contributed by atoms with E-state index in [4.69, 9.17) is 16.0 Å². The number of rotatable bonds is 9. The molecule has 42 heavy (non-hydrogen) atoms. The van der Waals surface area contributed by atoms with Crippen LogP contribution in [0.5, 0.6) is 5.88 Å². The van der Waals surface area contributed by atoms with Crippen LogP contribution in [0.1, 0.15) is 33.0 Å². The van der Waals surface area contributed by atoms with Crippen LogP contribution in [-0.4, -0.2) is 38.3 Å². The van der Waals surface area contributed by atoms with E-state index in [1.165, 1.54) is 30.3 Å². The zero-order chi connectivity index (χ0) is 29.4. The molecule has 1 aliphatic rings. The predicted molar refractivity (Wildman–Crippen MR) is 148 cm³/mol. The summed E-state index contributed by atoms with van der Waals surface area (Å²) in [4.78, 5) is 24.1. The molecule has 1 N–H and O–H groups in total. The van der Waals surface area contributed by atoms with Crippen LogP contribution in [0.2, 0.25) is 0 Å². The molecule has 0 unspecified atom stereocenters. The van der Waals surface area contributed by atoms with Gasteiger partial charge in [-0.2, -0.15) is 0 Å². The van der Waals surface area contributed by atoms with Gasteiger partial charge in [0.05, 0.1) is 30.4 Å². The van der Waals surface area contributed by atoms with Crippen LogP contribution < -0.4 is 4.74 Å². The maximum atomic E-state index is 15.4. The van der Waals surface area contributed by atoms with E-state index in [0.29, 0.717) is 29.3 Å². The second-order valence-corrected chi connectivity index (χ2v) is 10.7. The van der Waals surface area contributed by atoms with E-state index in [1.54, 1.807) is 6.07 Å². The van der Waals surface area contributed by atoms with Crippen molar-refractivity contribution in [2.24, 2.45) is 0 Å². The number of hydrogen-bond donors (Lipinski definition) is 1. The highest BCUT2D eigenvalue weighted by Gasteiger charge is 2.25. The minimum absolute atomic E-state index is 0.0199. The lowest BCUT2D eigenvalue weighted by atomic mass is 10.0. The minimum Gasteiger partial charge on any atom is -0.477 e. The van der Waals surface area contributed by atoms with Crippen LogP contribution in [0.25, 0.3) is 26.4 Å². The maximum absolute atomic E-state index is 15.4. The molecular weight excluding hydrogens is 569 g/mol. The third-order valence-electron chi connectivity index (χ3n) is 6.94. The van der Waals surface area contributed by atoms with E-state index in [2.05, 4.69) is 14.8 Å². The normalized spacial score (nSPS) is 14.5. The van der Waals surface area contributed by atoms with Crippen molar-refractivity contribution in [3.63, 3.8) is 0 Å². The Morgan fingerprint density at radius 3 is 2.62 bits per heavy atom. The number of aromatic carboxylic acids is 1. The SMILES string of the molecule is [C-]#[N+]c1ccc(COc2cccc(-c3cc(F)c(Cc4nc5sc(C(=O)O)cc5n4C[C@@H]4CCO4)cc3F)n2)c(F)c1. The Hall–Kier alpha value is -4.73. The maximum Gasteiger partial charge on any atom is 0.346 e. The monoisotopic (exact) mass is 590 g/mol. The molecule has 3 aromatic heterocycles. The smallest absolute Gasteiger partial charge is 0.346 e. The first-order chi connectivity index (χ1) is 20.3. The predicted octanol–water partition coefficient (Wildman–Crippen LogP) is 6.78. The Labute approximate surface area is 241 Å². The van der Waals surface area contributed by atoms with Crippen molar-refractivity contribution in [1.82, 2.24) is 14.5 Å². The van der Waals surface area contributed by atoms with Gasteiger partial charge in [-0.1, -0.05) is 18.2 Å². The lowest BCUT2D eigenvalue weighted by Crippen LogP contribution is -2.31. The Kier molecular flexibility index (Phi) is 7.36. The topological polar surface area (TPSA) is 90.8 Å². The first kappa shape index (κ1) is 27.4. The van der Waals surface area contributed by atoms with Crippen molar-refractivity contribution >= 4 is 33.3 Å². The summed E-state index contributed by atoms with van der Waals surface area (Å²) < 4.78 is 57.9. The fourth-order valence-corrected chi connectivity index (χ4v) is 5.54. The van der Waals surface area contributed by atoms with Crippen LogP contribution in [0.3, 0.4) is 0 Å². The molecule has 1 atom stereocenters. The molecule has 0 bridgehead atoms. The summed E-state index contributed by atoms with van der Waals surface area (Å²) in [5.74, 6) is -2.45. The average Bonchev–Trinajstić information content (AvgIpc) is 3.50. The van der Waals surface area contributed by atoms with Crippen molar-refractivity contribution in [3.8, 4) is 17.1 Å². The van der Waals surface area contributed by atoms with Gasteiger partial charge in [-0.3, -0.25) is 0 Å². The van der Waals surface area contributed by atoms with Crippen molar-refractivity contribution in [2.75, 3.05) is 6.61 Å². The molecule has 212 valence electrons. The number of ether oxygens (including phenoxy) is 2. The van der Waals surface area contributed by atoms with Crippen LogP contribution >= 0.6 is 11.3 Å². The largest absolute Gasteiger partial charge is 0.477 e. The molecule has 12 heteroatoms. The zero-order valence-corrected chi connectivity index (χ0v) is 22.6. The van der Waals surface area contributed by atoms with E-state index < -0.39 is 23.4 Å². The molecule has 1 aliphatic heterocycles. The summed E-state index contributed by atoms with van der Waals surface area (Å²) in [7, 11) is 0. The second-order valence-electron chi connectivity index (χ2n) is 9.66. The molecule has 5 aromatic rings. The van der Waals surface area contributed by atoms with Gasteiger partial charge in [0.2, 0.25) is 5.88 Å². The van der Waals surface area contributed by atoms with Gasteiger partial charge in [0.25, 0.3) is 0 Å². The third kappa shape index (κ3) is 5.44. The van der Waals surface area contributed by atoms with E-state index in [0.717, 1.165) is 36.0 Å². The number of imidazole rings is 1. The molecule has 1 saturated heterocycles. The number of halogens is 3. The summed E-state index contributed by atoms with van der Waals surface area (Å²) in [5.41, 5.74) is 1.13. The van der Waals surface area contributed by atoms with Crippen molar-refractivity contribution < 1.29 is 32.5 Å². The fourth-order valence-electron chi connectivity index (χ4n) is 4.65. The average molecular weight is 591 g/mol. The molecule has 2 aromatic carbocycles. The molecule has 4 heterocycles. The number of aromatic nitrogens is 3. The number of pyridine rings is 1. The molecule has 0 saturated carbocycles. The Bertz CT molecular complexity index is 1880. The Balaban J connectivity index is 1.24. The van der Waals surface area contributed by atoms with Gasteiger partial charge in [-0.05, 0) is 42.3 Å². The quantitative estimate of drug-likeness (QED) is 0.190. The van der Waals surface area contributed by atoms with Gasteiger partial charge in [-0.15, -0.1) is 11.3 Å². The molecule has 0 spiro atoms. The Morgan fingerprint density at radius 2 is 1.90 bits per heavy atom. The highest BCUT2D eigenvalue weighted by atomic mass is 32.1. The highest BCUT2D eigenvalue weighted by molar-refractivity contribution is 7.20. The minimum atomic E-state index is -1.06. The molecule has 6 rings (SSSR count). The number of benzene rings is 2. The molecular formula is C30H21F3N4O4S. The lowest BCUT2D eigenvalue weighted by molar-refractivity contribution is -0.0589. The van der Waals surface area contributed by atoms with E-state index >= 15 is 8.78 Å². The van der Waals surface area contributed by atoms with Gasteiger partial charge >= 0.3 is 5.97 Å². The number of hydrogen-bond acceptors (Lipinski definition) is 6. The number of carboxylic acid groups (broad SMARTS) is 1. The summed E-state index contributed by atoms with van der Waals surface area (Å²) in [6.45, 7) is 7.86. The van der Waals surface area contributed by atoms with Crippen LogP contribution in [-0.2, 0) is 24.3 Å². The molecule has 8 nitrogen and oxygen atoms in total. The number of carboxylic acids is 1. The zero-order valence-electron chi connectivity index (χ0n) is 21.8. The second kappa shape index (κ2) is 11.3. The first-order valence-corrected chi connectivity index (χ1v) is 13.7. The van der Waals surface area contributed by atoms with Crippen LogP contribution in [0, 0.1) is 24.0 Å². The molecule has 0 aliphatic carbocycles. The Morgan fingerprint density at radius 1 is 1.10 bits per heavy atom. The lowest BCUT2D eigenvalue weighted by Gasteiger charge is -2.27. The molecule has 1 fully saturated rings. The highest BCUT2D eigenvalue weighted by Crippen LogP contribution is 2.31. The molecule has 0 radical (unpaired) electrons. The van der Waals surface area contributed by atoms with Gasteiger partial charge < -0.3 is 19.1 Å². The standard InChI is InChI=1S/C30H21F3N4O4S/c1-34-18-6-5-16(21(31)11-18)15-41-28-4-2-3-24(35-28)20-12-22(32)17(9-23(20)33)10-27-36-29-25(13-26(42-29)30(38)39)37(27)14-19-7-8-40-19/h2-6,9,11-13,19H,7-8,10,14-15H2,(H,38,39)/t19-/m0/s1. The number of nitrogens with zero attached hydrogens (tertiary/aromatic N) is 4. The van der Waals surface area contributed by atoms with Gasteiger partial charge in [0.15, 0.2) is 5.69 Å². The van der Waals surface area contributed by atoms with Crippen molar-refractivity contribution in [2.45, 2.75) is 32.1 Å². The number of thiophene rings is 1. The van der Waals surface area contributed by atoms with Gasteiger partial charge in [0, 0.05) is 30.2 Å². The van der Waals surface area contributed by atoms with Crippen molar-refractivity contribution in [3.05, 3.63) is 105 Å². The van der Waals surface area contributed by atoms with Crippen LogP contribution in [0.4, 0.5) is 18.9 Å². The summed E-state index contributed by atoms with van der Waals surface area (Å²) in [6.07, 6.45) is 0.758. The first-order valence-electron chi connectivity index (χ1n) is 12.9. The van der Waals surface area contributed by atoms with Gasteiger partial charge in [-0.25, -0.2) is 32.8 Å². The van der Waals surface area contributed by atoms with Crippen molar-refractivity contribution in [1.29, 1.82) is 0 Å². The third-order valence-corrected chi connectivity index (χ3v) is 7.95. The van der Waals surface area contributed by atoms with Gasteiger partial charge in [0.1, 0.15) is 39.6 Å².